The zero-order valence-electron chi connectivity index (χ0n) is 9.97. The Hall–Kier alpha value is -2.06. The molecule has 0 spiro atoms. The number of carbonyl (C=O) groups excluding carboxylic acids is 1. The molecule has 0 heterocycles. The average Bonchev–Trinajstić information content (AvgIpc) is 2.37. The fourth-order valence-electron chi connectivity index (χ4n) is 1.49. The minimum Gasteiger partial charge on any atom is -0.371 e. The molecule has 17 heavy (non-hydrogen) atoms. The summed E-state index contributed by atoms with van der Waals surface area (Å²) in [6.07, 6.45) is 0.326. The number of amides is 1. The molecule has 0 aliphatic heterocycles. The van der Waals surface area contributed by atoms with E-state index in [1.54, 1.807) is 12.1 Å². The van der Waals surface area contributed by atoms with Gasteiger partial charge >= 0.3 is 0 Å². The summed E-state index contributed by atoms with van der Waals surface area (Å²) >= 11 is 0. The van der Waals surface area contributed by atoms with Crippen LogP contribution < -0.4 is 16.2 Å². The summed E-state index contributed by atoms with van der Waals surface area (Å²) in [5.74, 6) is 4.85. The van der Waals surface area contributed by atoms with Gasteiger partial charge in [-0.05, 0) is 31.2 Å². The Morgan fingerprint density at radius 1 is 1.53 bits per heavy atom. The molecule has 1 rings (SSSR count). The van der Waals surface area contributed by atoms with Gasteiger partial charge in [0.05, 0.1) is 11.6 Å². The summed E-state index contributed by atoms with van der Waals surface area (Å²) in [4.78, 5) is 13.1. The molecule has 1 atom stereocenters. The number of benzene rings is 1. The van der Waals surface area contributed by atoms with Crippen molar-refractivity contribution in [3.8, 4) is 6.07 Å². The maximum atomic E-state index is 11.2. The maximum absolute atomic E-state index is 11.2. The quantitative estimate of drug-likeness (QED) is 0.456. The highest BCUT2D eigenvalue weighted by atomic mass is 16.2. The van der Waals surface area contributed by atoms with E-state index in [0.717, 1.165) is 5.69 Å². The monoisotopic (exact) mass is 232 g/mol. The molecular formula is C12H16N4O. The number of hydrogen-bond donors (Lipinski definition) is 2. The van der Waals surface area contributed by atoms with Crippen molar-refractivity contribution < 1.29 is 4.79 Å². The fourth-order valence-corrected chi connectivity index (χ4v) is 1.49. The minimum absolute atomic E-state index is 0.0338. The van der Waals surface area contributed by atoms with Gasteiger partial charge in [0.1, 0.15) is 0 Å². The molecule has 1 aromatic carbocycles. The molecule has 3 N–H and O–H groups in total. The van der Waals surface area contributed by atoms with Crippen LogP contribution in [0.25, 0.3) is 0 Å². The first-order valence-corrected chi connectivity index (χ1v) is 5.31. The molecule has 0 fully saturated rings. The number of hydrogen-bond acceptors (Lipinski definition) is 4. The first-order chi connectivity index (χ1) is 8.08. The summed E-state index contributed by atoms with van der Waals surface area (Å²) in [6.45, 7) is 1.94. The molecule has 0 saturated carbocycles. The third kappa shape index (κ3) is 3.47. The van der Waals surface area contributed by atoms with Gasteiger partial charge in [-0.15, -0.1) is 0 Å². The van der Waals surface area contributed by atoms with Crippen molar-refractivity contribution in [3.05, 3.63) is 29.8 Å². The van der Waals surface area contributed by atoms with Crippen molar-refractivity contribution in [2.45, 2.75) is 19.4 Å². The Morgan fingerprint density at radius 2 is 2.12 bits per heavy atom. The summed E-state index contributed by atoms with van der Waals surface area (Å²) in [6, 6.07) is 9.31. The van der Waals surface area contributed by atoms with Crippen LogP contribution in [0.3, 0.4) is 0 Å². The normalized spacial score (nSPS) is 11.4. The second kappa shape index (κ2) is 5.87. The van der Waals surface area contributed by atoms with Gasteiger partial charge in [0.15, 0.2) is 0 Å². The number of nitrogens with two attached hydrogens (primary N) is 1. The molecule has 0 radical (unpaired) electrons. The van der Waals surface area contributed by atoms with E-state index < -0.39 is 0 Å². The zero-order valence-corrected chi connectivity index (χ0v) is 9.97. The van der Waals surface area contributed by atoms with Crippen molar-refractivity contribution >= 4 is 11.6 Å². The van der Waals surface area contributed by atoms with Crippen molar-refractivity contribution in [1.29, 1.82) is 5.26 Å². The van der Waals surface area contributed by atoms with Crippen LogP contribution in [0.4, 0.5) is 5.69 Å². The number of rotatable bonds is 4. The lowest BCUT2D eigenvalue weighted by Gasteiger charge is -2.26. The number of carbonyl (C=O) groups is 1. The van der Waals surface area contributed by atoms with Crippen LogP contribution in [0.5, 0.6) is 0 Å². The Kier molecular flexibility index (Phi) is 4.49. The molecule has 90 valence electrons. The molecule has 0 aliphatic carbocycles. The van der Waals surface area contributed by atoms with Crippen molar-refractivity contribution in [3.63, 3.8) is 0 Å². The van der Waals surface area contributed by atoms with E-state index in [1.807, 2.05) is 31.0 Å². The first kappa shape index (κ1) is 13.0. The number of nitriles is 1. The van der Waals surface area contributed by atoms with Crippen LogP contribution in [0.15, 0.2) is 24.3 Å². The van der Waals surface area contributed by atoms with Crippen LogP contribution in [0, 0.1) is 11.3 Å². The van der Waals surface area contributed by atoms with Crippen molar-refractivity contribution in [2.24, 2.45) is 5.84 Å². The summed E-state index contributed by atoms with van der Waals surface area (Å²) in [7, 11) is 1.90. The molecule has 0 aliphatic rings. The van der Waals surface area contributed by atoms with Crippen LogP contribution >= 0.6 is 0 Å². The summed E-state index contributed by atoms with van der Waals surface area (Å²) in [5, 5.41) is 8.70. The van der Waals surface area contributed by atoms with Gasteiger partial charge in [0.2, 0.25) is 5.91 Å². The molecule has 0 aromatic heterocycles. The van der Waals surface area contributed by atoms with E-state index in [9.17, 15) is 4.79 Å². The van der Waals surface area contributed by atoms with Gasteiger partial charge in [-0.25, -0.2) is 5.84 Å². The molecule has 1 aromatic rings. The van der Waals surface area contributed by atoms with Gasteiger partial charge in [0.25, 0.3) is 0 Å². The van der Waals surface area contributed by atoms with Crippen molar-refractivity contribution in [2.75, 3.05) is 11.9 Å². The van der Waals surface area contributed by atoms with E-state index in [2.05, 4.69) is 11.5 Å². The Bertz CT molecular complexity index is 421. The highest BCUT2D eigenvalue weighted by Gasteiger charge is 2.13. The number of hydrazine groups is 1. The van der Waals surface area contributed by atoms with Gasteiger partial charge in [0, 0.05) is 25.2 Å². The smallest absolute Gasteiger partial charge is 0.235 e. The third-order valence-electron chi connectivity index (χ3n) is 2.71. The molecule has 0 bridgehead atoms. The minimum atomic E-state index is -0.196. The maximum Gasteiger partial charge on any atom is 0.235 e. The Morgan fingerprint density at radius 3 is 2.59 bits per heavy atom. The highest BCUT2D eigenvalue weighted by Crippen LogP contribution is 2.17. The van der Waals surface area contributed by atoms with Gasteiger partial charge in [-0.3, -0.25) is 10.2 Å². The number of nitrogens with zero attached hydrogens (tertiary/aromatic N) is 2. The fraction of sp³-hybridized carbons (Fsp3) is 0.333. The van der Waals surface area contributed by atoms with Gasteiger partial charge in [-0.1, -0.05) is 0 Å². The molecule has 0 saturated heterocycles. The lowest BCUT2D eigenvalue weighted by Crippen LogP contribution is -2.37. The van der Waals surface area contributed by atoms with Crippen LogP contribution in [0.1, 0.15) is 18.9 Å². The van der Waals surface area contributed by atoms with Crippen LogP contribution in [-0.2, 0) is 4.79 Å². The van der Waals surface area contributed by atoms with Crippen LogP contribution in [-0.4, -0.2) is 19.0 Å². The number of nitrogens with one attached hydrogen (secondary N) is 1. The Balaban J connectivity index is 2.71. The van der Waals surface area contributed by atoms with E-state index in [1.165, 1.54) is 0 Å². The molecule has 5 heteroatoms. The second-order valence-corrected chi connectivity index (χ2v) is 3.89. The summed E-state index contributed by atoms with van der Waals surface area (Å²) < 4.78 is 0. The van der Waals surface area contributed by atoms with Crippen LogP contribution in [0.2, 0.25) is 0 Å². The van der Waals surface area contributed by atoms with E-state index in [-0.39, 0.29) is 11.9 Å². The second-order valence-electron chi connectivity index (χ2n) is 3.89. The van der Waals surface area contributed by atoms with Gasteiger partial charge in [-0.2, -0.15) is 5.26 Å². The predicted molar refractivity (Wildman–Crippen MR) is 66.0 cm³/mol. The predicted octanol–water partition coefficient (Wildman–Crippen LogP) is 0.763. The van der Waals surface area contributed by atoms with Crippen molar-refractivity contribution in [1.82, 2.24) is 5.43 Å². The number of anilines is 1. The third-order valence-corrected chi connectivity index (χ3v) is 2.71. The van der Waals surface area contributed by atoms with E-state index in [4.69, 9.17) is 11.1 Å². The van der Waals surface area contributed by atoms with E-state index >= 15 is 0 Å². The zero-order chi connectivity index (χ0) is 12.8. The highest BCUT2D eigenvalue weighted by molar-refractivity contribution is 5.76. The SMILES string of the molecule is CC(CC(=O)NN)N(C)c1ccc(C#N)cc1. The first-order valence-electron chi connectivity index (χ1n) is 5.31. The largest absolute Gasteiger partial charge is 0.371 e. The standard InChI is InChI=1S/C12H16N4O/c1-9(7-12(17)15-14)16(2)11-5-3-10(8-13)4-6-11/h3-6,9H,7,14H2,1-2H3,(H,15,17). The molecule has 5 nitrogen and oxygen atoms in total. The molecule has 1 amide bonds. The summed E-state index contributed by atoms with van der Waals surface area (Å²) in [5.41, 5.74) is 3.69. The average molecular weight is 232 g/mol. The van der Waals surface area contributed by atoms with Gasteiger partial charge < -0.3 is 4.90 Å². The lowest BCUT2D eigenvalue weighted by atomic mass is 10.1. The molecular weight excluding hydrogens is 216 g/mol. The Labute approximate surface area is 101 Å². The topological polar surface area (TPSA) is 82.2 Å². The van der Waals surface area contributed by atoms with E-state index in [0.29, 0.717) is 12.0 Å². The molecule has 1 unspecified atom stereocenters. The lowest BCUT2D eigenvalue weighted by molar-refractivity contribution is -0.121.